The predicted molar refractivity (Wildman–Crippen MR) is 199 cm³/mol. The van der Waals surface area contributed by atoms with Gasteiger partial charge in [-0.2, -0.15) is 4.98 Å². The first-order valence-electron chi connectivity index (χ1n) is 15.8. The minimum absolute atomic E-state index is 0.222. The highest BCUT2D eigenvalue weighted by atomic mass is 32.1. The minimum atomic E-state index is -0.222. The summed E-state index contributed by atoms with van der Waals surface area (Å²) in [6, 6.07) is 49.0. The van der Waals surface area contributed by atoms with E-state index in [1.165, 1.54) is 47.2 Å². The fourth-order valence-electron chi connectivity index (χ4n) is 7.98. The Labute approximate surface area is 271 Å². The maximum absolute atomic E-state index is 14.0. The molecule has 47 heavy (non-hydrogen) atoms. The zero-order chi connectivity index (χ0) is 30.8. The van der Waals surface area contributed by atoms with Crippen LogP contribution in [-0.2, 0) is 0 Å². The van der Waals surface area contributed by atoms with E-state index in [9.17, 15) is 4.79 Å². The third kappa shape index (κ3) is 3.21. The van der Waals surface area contributed by atoms with E-state index >= 15 is 0 Å². The van der Waals surface area contributed by atoms with E-state index in [0.29, 0.717) is 11.0 Å². The van der Waals surface area contributed by atoms with Gasteiger partial charge in [0.2, 0.25) is 0 Å². The Bertz CT molecular complexity index is 3220. The van der Waals surface area contributed by atoms with Gasteiger partial charge >= 0.3 is 0 Å². The van der Waals surface area contributed by atoms with Gasteiger partial charge in [0.1, 0.15) is 5.65 Å². The first kappa shape index (κ1) is 25.2. The number of nitrogens with zero attached hydrogens (tertiary/aromatic N) is 3. The van der Waals surface area contributed by atoms with Crippen molar-refractivity contribution in [2.45, 2.75) is 0 Å². The van der Waals surface area contributed by atoms with Gasteiger partial charge in [0.25, 0.3) is 5.56 Å². The van der Waals surface area contributed by atoms with Crippen LogP contribution in [0.15, 0.2) is 144 Å². The second-order valence-corrected chi connectivity index (χ2v) is 13.3. The summed E-state index contributed by atoms with van der Waals surface area (Å²) in [4.78, 5) is 18.7. The summed E-state index contributed by atoms with van der Waals surface area (Å²) in [5.74, 6) is 0. The number of hydrogen-bond donors (Lipinski definition) is 0. The molecule has 0 bridgehead atoms. The van der Waals surface area contributed by atoms with Crippen LogP contribution in [-0.4, -0.2) is 14.0 Å². The average Bonchev–Trinajstić information content (AvgIpc) is 3.69. The Balaban J connectivity index is 1.33. The fourth-order valence-corrected chi connectivity index (χ4v) is 9.24. The summed E-state index contributed by atoms with van der Waals surface area (Å²) in [6.07, 6.45) is 0. The molecular weight excluding hydrogens is 595 g/mol. The topological polar surface area (TPSA) is 39.3 Å². The molecule has 0 spiro atoms. The van der Waals surface area contributed by atoms with Gasteiger partial charge in [0.05, 0.1) is 32.2 Å². The molecule has 0 aliphatic heterocycles. The van der Waals surface area contributed by atoms with Gasteiger partial charge < -0.3 is 4.57 Å². The molecule has 0 saturated heterocycles. The van der Waals surface area contributed by atoms with Crippen LogP contribution in [0.1, 0.15) is 0 Å². The SMILES string of the molecule is O=c1nc2c3ccccc3c3ccccc3n2c2ccc(-n3c4ccccc4c4c5ccccc5c5c6ccccc6sc5c43)cc12. The number of fused-ring (bicyclic) bond motifs is 18. The molecule has 5 heteroatoms. The van der Waals surface area contributed by atoms with Crippen LogP contribution in [0.2, 0.25) is 0 Å². The lowest BCUT2D eigenvalue weighted by molar-refractivity contribution is 1.16. The van der Waals surface area contributed by atoms with Gasteiger partial charge in [0, 0.05) is 42.7 Å². The van der Waals surface area contributed by atoms with Gasteiger partial charge in [-0.15, -0.1) is 11.3 Å². The van der Waals surface area contributed by atoms with Crippen molar-refractivity contribution in [2.75, 3.05) is 0 Å². The first-order valence-corrected chi connectivity index (χ1v) is 16.6. The molecule has 0 saturated carbocycles. The zero-order valence-electron chi connectivity index (χ0n) is 24.9. The average molecular weight is 618 g/mol. The van der Waals surface area contributed by atoms with Crippen LogP contribution >= 0.6 is 11.3 Å². The quantitative estimate of drug-likeness (QED) is 0.172. The Morgan fingerprint density at radius 2 is 1.09 bits per heavy atom. The second-order valence-electron chi connectivity index (χ2n) is 12.3. The lowest BCUT2D eigenvalue weighted by atomic mass is 9.99. The lowest BCUT2D eigenvalue weighted by Crippen LogP contribution is -2.12. The Morgan fingerprint density at radius 1 is 0.489 bits per heavy atom. The maximum Gasteiger partial charge on any atom is 0.281 e. The maximum atomic E-state index is 14.0. The van der Waals surface area contributed by atoms with Crippen molar-refractivity contribution in [1.82, 2.24) is 14.0 Å². The highest BCUT2D eigenvalue weighted by Gasteiger charge is 2.22. The van der Waals surface area contributed by atoms with E-state index in [1.807, 2.05) is 35.6 Å². The molecule has 0 N–H and O–H groups in total. The largest absolute Gasteiger partial charge is 0.308 e. The van der Waals surface area contributed by atoms with Crippen LogP contribution < -0.4 is 5.56 Å². The van der Waals surface area contributed by atoms with Crippen molar-refractivity contribution in [2.24, 2.45) is 0 Å². The van der Waals surface area contributed by atoms with Crippen LogP contribution in [0.4, 0.5) is 0 Å². The van der Waals surface area contributed by atoms with Crippen molar-refractivity contribution in [3.05, 3.63) is 150 Å². The van der Waals surface area contributed by atoms with E-state index in [4.69, 9.17) is 4.98 Å². The summed E-state index contributed by atoms with van der Waals surface area (Å²) >= 11 is 1.84. The van der Waals surface area contributed by atoms with Crippen LogP contribution in [0.25, 0.3) is 96.7 Å². The van der Waals surface area contributed by atoms with Crippen molar-refractivity contribution >= 4 is 102 Å². The lowest BCUT2D eigenvalue weighted by Gasteiger charge is -2.15. The van der Waals surface area contributed by atoms with E-state index in [1.54, 1.807) is 0 Å². The fraction of sp³-hybridized carbons (Fsp3) is 0. The van der Waals surface area contributed by atoms with Gasteiger partial charge in [-0.05, 0) is 52.6 Å². The molecule has 0 atom stereocenters. The molecule has 7 aromatic carbocycles. The van der Waals surface area contributed by atoms with Gasteiger partial charge in [0.15, 0.2) is 0 Å². The van der Waals surface area contributed by atoms with E-state index in [-0.39, 0.29) is 5.56 Å². The third-order valence-corrected chi connectivity index (χ3v) is 11.1. The molecule has 218 valence electrons. The normalized spacial score (nSPS) is 12.3. The number of aromatic nitrogens is 3. The summed E-state index contributed by atoms with van der Waals surface area (Å²) in [5, 5.41) is 11.3. The monoisotopic (exact) mass is 617 g/mol. The van der Waals surface area contributed by atoms with Crippen LogP contribution in [0.3, 0.4) is 0 Å². The first-order chi connectivity index (χ1) is 23.3. The molecule has 11 aromatic rings. The summed E-state index contributed by atoms with van der Waals surface area (Å²) in [6.45, 7) is 0. The number of rotatable bonds is 1. The van der Waals surface area contributed by atoms with E-state index in [2.05, 4.69) is 124 Å². The van der Waals surface area contributed by atoms with Crippen molar-refractivity contribution in [3.8, 4) is 5.69 Å². The molecule has 11 rings (SSSR count). The number of para-hydroxylation sites is 2. The Kier molecular flexibility index (Phi) is 4.84. The van der Waals surface area contributed by atoms with E-state index in [0.717, 1.165) is 38.4 Å². The Hall–Kier alpha value is -6.04. The molecular formula is C42H23N3OS. The summed E-state index contributed by atoms with van der Waals surface area (Å²) in [5.41, 5.74) is 5.57. The Morgan fingerprint density at radius 3 is 1.89 bits per heavy atom. The third-order valence-electron chi connectivity index (χ3n) is 9.88. The van der Waals surface area contributed by atoms with Crippen LogP contribution in [0, 0.1) is 0 Å². The number of benzene rings is 7. The molecule has 0 amide bonds. The molecule has 0 aliphatic carbocycles. The number of thiophene rings is 1. The number of pyridine rings is 1. The zero-order valence-corrected chi connectivity index (χ0v) is 25.8. The summed E-state index contributed by atoms with van der Waals surface area (Å²) in [7, 11) is 0. The minimum Gasteiger partial charge on any atom is -0.308 e. The number of hydrogen-bond acceptors (Lipinski definition) is 3. The van der Waals surface area contributed by atoms with Crippen molar-refractivity contribution in [3.63, 3.8) is 0 Å². The van der Waals surface area contributed by atoms with Crippen molar-refractivity contribution in [1.29, 1.82) is 0 Å². The predicted octanol–water partition coefficient (Wildman–Crippen LogP) is 10.8. The second kappa shape index (κ2) is 9.03. The summed E-state index contributed by atoms with van der Waals surface area (Å²) < 4.78 is 7.04. The van der Waals surface area contributed by atoms with Crippen LogP contribution in [0.5, 0.6) is 0 Å². The molecule has 0 fully saturated rings. The van der Waals surface area contributed by atoms with Gasteiger partial charge in [-0.25, -0.2) is 0 Å². The molecule has 0 aliphatic rings. The van der Waals surface area contributed by atoms with Crippen molar-refractivity contribution < 1.29 is 0 Å². The van der Waals surface area contributed by atoms with Gasteiger partial charge in [-0.1, -0.05) is 103 Å². The molecule has 0 radical (unpaired) electrons. The van der Waals surface area contributed by atoms with Gasteiger partial charge in [-0.3, -0.25) is 9.20 Å². The molecule has 4 heterocycles. The highest BCUT2D eigenvalue weighted by molar-refractivity contribution is 7.27. The highest BCUT2D eigenvalue weighted by Crippen LogP contribution is 2.47. The standard InChI is InChI=1S/C42H23N3OS/c46-42-32-23-24(21-22-35(32)45-33-18-8-5-12-26(33)25-11-1-4-15-29(25)41(45)43-42)44-34-19-9-6-16-30(34)37-27-13-2-3-14-28(27)38-31-17-7-10-20-36(31)47-40(38)39(37)44/h1-23H. The molecule has 4 nitrogen and oxygen atoms in total. The smallest absolute Gasteiger partial charge is 0.281 e. The molecule has 4 aromatic heterocycles. The van der Waals surface area contributed by atoms with E-state index < -0.39 is 0 Å². The molecule has 0 unspecified atom stereocenters.